The number of nitrogens with one attached hydrogen (secondary N) is 1. The van der Waals surface area contributed by atoms with Crippen molar-refractivity contribution in [3.05, 3.63) is 23.8 Å². The van der Waals surface area contributed by atoms with Gasteiger partial charge in [0.25, 0.3) is 0 Å². The maximum Gasteiger partial charge on any atom is 0.101 e. The predicted molar refractivity (Wildman–Crippen MR) is 91.2 cm³/mol. The van der Waals surface area contributed by atoms with Crippen LogP contribution in [-0.2, 0) is 0 Å². The van der Waals surface area contributed by atoms with Crippen LogP contribution < -0.4 is 10.2 Å². The highest BCUT2D eigenvalue weighted by Crippen LogP contribution is 2.27. The number of nitriles is 1. The van der Waals surface area contributed by atoms with Crippen molar-refractivity contribution < 1.29 is 5.11 Å². The summed E-state index contributed by atoms with van der Waals surface area (Å²) in [4.78, 5) is 2.20. The normalized spacial score (nSPS) is 18.6. The lowest BCUT2D eigenvalue weighted by atomic mass is 10.00. The third-order valence-electron chi connectivity index (χ3n) is 4.81. The highest BCUT2D eigenvalue weighted by atomic mass is 16.3. The van der Waals surface area contributed by atoms with Crippen molar-refractivity contribution in [2.24, 2.45) is 5.92 Å². The molecule has 0 saturated carbocycles. The van der Waals surface area contributed by atoms with Gasteiger partial charge in [0.2, 0.25) is 0 Å². The average Bonchev–Trinajstić information content (AvgIpc) is 2.54. The molecule has 0 aliphatic carbocycles. The van der Waals surface area contributed by atoms with E-state index < -0.39 is 0 Å². The Balaban J connectivity index is 2.13. The summed E-state index contributed by atoms with van der Waals surface area (Å²) in [6.45, 7) is 8.23. The summed E-state index contributed by atoms with van der Waals surface area (Å²) in [5, 5.41) is 22.6. The van der Waals surface area contributed by atoms with Crippen LogP contribution >= 0.6 is 0 Å². The van der Waals surface area contributed by atoms with Crippen LogP contribution in [-0.4, -0.2) is 30.3 Å². The van der Waals surface area contributed by atoms with Crippen molar-refractivity contribution in [2.75, 3.05) is 23.3 Å². The van der Waals surface area contributed by atoms with E-state index in [-0.39, 0.29) is 6.10 Å². The van der Waals surface area contributed by atoms with Crippen molar-refractivity contribution in [1.82, 2.24) is 0 Å². The number of nitrogens with zero attached hydrogens (tertiary/aromatic N) is 2. The van der Waals surface area contributed by atoms with Gasteiger partial charge in [-0.05, 0) is 43.9 Å². The molecule has 120 valence electrons. The number of rotatable bonds is 5. The molecule has 1 heterocycles. The fraction of sp³-hybridized carbons (Fsp3) is 0.611. The summed E-state index contributed by atoms with van der Waals surface area (Å²) >= 11 is 0. The van der Waals surface area contributed by atoms with Crippen LogP contribution in [0.15, 0.2) is 18.2 Å². The first-order chi connectivity index (χ1) is 10.5. The van der Waals surface area contributed by atoms with Gasteiger partial charge < -0.3 is 15.3 Å². The van der Waals surface area contributed by atoms with Crippen LogP contribution in [0.1, 0.15) is 45.6 Å². The van der Waals surface area contributed by atoms with Crippen molar-refractivity contribution in [1.29, 1.82) is 5.26 Å². The molecule has 0 radical (unpaired) electrons. The van der Waals surface area contributed by atoms with Gasteiger partial charge in [0.1, 0.15) is 6.07 Å². The first kappa shape index (κ1) is 16.6. The number of hydrogen-bond donors (Lipinski definition) is 2. The first-order valence-corrected chi connectivity index (χ1v) is 8.28. The molecule has 4 heteroatoms. The van der Waals surface area contributed by atoms with E-state index in [0.717, 1.165) is 43.7 Å². The fourth-order valence-corrected chi connectivity index (χ4v) is 2.86. The van der Waals surface area contributed by atoms with Crippen molar-refractivity contribution in [2.45, 2.75) is 52.2 Å². The topological polar surface area (TPSA) is 59.3 Å². The zero-order valence-corrected chi connectivity index (χ0v) is 13.8. The minimum atomic E-state index is -0.195. The molecule has 1 aromatic carbocycles. The zero-order chi connectivity index (χ0) is 16.1. The molecule has 0 amide bonds. The van der Waals surface area contributed by atoms with Gasteiger partial charge in [-0.25, -0.2) is 0 Å². The van der Waals surface area contributed by atoms with Crippen LogP contribution in [0.25, 0.3) is 0 Å². The molecule has 2 atom stereocenters. The molecular formula is C18H27N3O. The Morgan fingerprint density at radius 1 is 1.36 bits per heavy atom. The SMILES string of the molecule is CCC(C)C(C)Nc1ccc(N2CCC(O)CC2)c(C#N)c1. The van der Waals surface area contributed by atoms with Crippen LogP contribution in [0, 0.1) is 17.2 Å². The standard InChI is InChI=1S/C18H27N3O/c1-4-13(2)14(3)20-16-5-6-18(15(11-16)12-19)21-9-7-17(22)8-10-21/h5-6,11,13-14,17,20,22H,4,7-10H2,1-3H3. The van der Waals surface area contributed by atoms with E-state index >= 15 is 0 Å². The molecule has 0 aromatic heterocycles. The van der Waals surface area contributed by atoms with Gasteiger partial charge in [0.15, 0.2) is 0 Å². The number of anilines is 2. The van der Waals surface area contributed by atoms with Gasteiger partial charge in [0.05, 0.1) is 17.4 Å². The van der Waals surface area contributed by atoms with Gasteiger partial charge in [-0.2, -0.15) is 5.26 Å². The Morgan fingerprint density at radius 2 is 2.05 bits per heavy atom. The van der Waals surface area contributed by atoms with Gasteiger partial charge in [-0.3, -0.25) is 0 Å². The minimum absolute atomic E-state index is 0.195. The molecule has 4 nitrogen and oxygen atoms in total. The second kappa shape index (κ2) is 7.51. The van der Waals surface area contributed by atoms with Crippen LogP contribution in [0.5, 0.6) is 0 Å². The second-order valence-electron chi connectivity index (χ2n) is 6.38. The van der Waals surface area contributed by atoms with Crippen molar-refractivity contribution in [3.8, 4) is 6.07 Å². The lowest BCUT2D eigenvalue weighted by Gasteiger charge is -2.32. The Kier molecular flexibility index (Phi) is 5.68. The summed E-state index contributed by atoms with van der Waals surface area (Å²) in [5.74, 6) is 0.591. The Bertz CT molecular complexity index is 530. The Labute approximate surface area is 133 Å². The third-order valence-corrected chi connectivity index (χ3v) is 4.81. The molecule has 2 unspecified atom stereocenters. The number of benzene rings is 1. The lowest BCUT2D eigenvalue weighted by Crippen LogP contribution is -2.36. The fourth-order valence-electron chi connectivity index (χ4n) is 2.86. The van der Waals surface area contributed by atoms with E-state index in [1.54, 1.807) is 0 Å². The van der Waals surface area contributed by atoms with Crippen LogP contribution in [0.3, 0.4) is 0 Å². The molecule has 1 aliphatic heterocycles. The predicted octanol–water partition coefficient (Wildman–Crippen LogP) is 3.37. The van der Waals surface area contributed by atoms with E-state index in [2.05, 4.69) is 43.1 Å². The monoisotopic (exact) mass is 301 g/mol. The summed E-state index contributed by atoms with van der Waals surface area (Å²) in [6, 6.07) is 8.73. The zero-order valence-electron chi connectivity index (χ0n) is 13.8. The van der Waals surface area contributed by atoms with Gasteiger partial charge in [0, 0.05) is 24.8 Å². The van der Waals surface area contributed by atoms with E-state index in [1.807, 2.05) is 12.1 Å². The molecule has 22 heavy (non-hydrogen) atoms. The molecule has 1 aliphatic rings. The number of aliphatic hydroxyl groups is 1. The first-order valence-electron chi connectivity index (χ1n) is 8.28. The summed E-state index contributed by atoms with van der Waals surface area (Å²) < 4.78 is 0. The van der Waals surface area contributed by atoms with Crippen LogP contribution in [0.2, 0.25) is 0 Å². The second-order valence-corrected chi connectivity index (χ2v) is 6.38. The number of piperidine rings is 1. The quantitative estimate of drug-likeness (QED) is 0.875. The maximum absolute atomic E-state index is 9.62. The van der Waals surface area contributed by atoms with E-state index in [1.165, 1.54) is 0 Å². The lowest BCUT2D eigenvalue weighted by molar-refractivity contribution is 0.145. The van der Waals surface area contributed by atoms with Gasteiger partial charge >= 0.3 is 0 Å². The van der Waals surface area contributed by atoms with Crippen molar-refractivity contribution >= 4 is 11.4 Å². The maximum atomic E-state index is 9.62. The molecule has 1 aromatic rings. The third kappa shape index (κ3) is 3.92. The summed E-state index contributed by atoms with van der Waals surface area (Å²) in [6.07, 6.45) is 2.48. The molecule has 2 N–H and O–H groups in total. The number of hydrogen-bond acceptors (Lipinski definition) is 4. The summed E-state index contributed by atoms with van der Waals surface area (Å²) in [5.41, 5.74) is 2.69. The molecular weight excluding hydrogens is 274 g/mol. The molecule has 0 bridgehead atoms. The van der Waals surface area contributed by atoms with Crippen molar-refractivity contribution in [3.63, 3.8) is 0 Å². The van der Waals surface area contributed by atoms with E-state index in [0.29, 0.717) is 17.5 Å². The molecule has 1 saturated heterocycles. The smallest absolute Gasteiger partial charge is 0.101 e. The van der Waals surface area contributed by atoms with E-state index in [4.69, 9.17) is 0 Å². The van der Waals surface area contributed by atoms with Crippen LogP contribution in [0.4, 0.5) is 11.4 Å². The highest BCUT2D eigenvalue weighted by molar-refractivity contribution is 5.65. The van der Waals surface area contributed by atoms with Gasteiger partial charge in [-0.15, -0.1) is 0 Å². The minimum Gasteiger partial charge on any atom is -0.393 e. The average molecular weight is 301 g/mol. The Hall–Kier alpha value is -1.73. The largest absolute Gasteiger partial charge is 0.393 e. The molecule has 0 spiro atoms. The molecule has 1 fully saturated rings. The van der Waals surface area contributed by atoms with Gasteiger partial charge in [-0.1, -0.05) is 20.3 Å². The highest BCUT2D eigenvalue weighted by Gasteiger charge is 2.20. The molecule has 2 rings (SSSR count). The number of aliphatic hydroxyl groups excluding tert-OH is 1. The van der Waals surface area contributed by atoms with E-state index in [9.17, 15) is 10.4 Å². The Morgan fingerprint density at radius 3 is 2.64 bits per heavy atom. The summed E-state index contributed by atoms with van der Waals surface area (Å²) in [7, 11) is 0.